The summed E-state index contributed by atoms with van der Waals surface area (Å²) in [4.78, 5) is 25.2. The lowest BCUT2D eigenvalue weighted by atomic mass is 10.1. The number of carbonyl (C=O) groups is 1. The summed E-state index contributed by atoms with van der Waals surface area (Å²) < 4.78 is 18.5. The molecule has 8 heteroatoms. The molecule has 0 aliphatic carbocycles. The first kappa shape index (κ1) is 19.6. The van der Waals surface area contributed by atoms with E-state index in [2.05, 4.69) is 20.2 Å². The summed E-state index contributed by atoms with van der Waals surface area (Å²) in [5.74, 6) is 1.13. The van der Waals surface area contributed by atoms with Gasteiger partial charge in [0, 0.05) is 37.8 Å². The predicted molar refractivity (Wildman–Crippen MR) is 113 cm³/mol. The van der Waals surface area contributed by atoms with Crippen molar-refractivity contribution in [3.8, 4) is 17.0 Å². The van der Waals surface area contributed by atoms with Crippen LogP contribution in [0.1, 0.15) is 0 Å². The predicted octanol–water partition coefficient (Wildman–Crippen LogP) is 3.65. The van der Waals surface area contributed by atoms with Crippen LogP contribution in [-0.2, 0) is 0 Å². The Kier molecular flexibility index (Phi) is 5.74. The summed E-state index contributed by atoms with van der Waals surface area (Å²) in [5.41, 5.74) is 2.21. The van der Waals surface area contributed by atoms with Gasteiger partial charge in [-0.25, -0.2) is 19.2 Å². The van der Waals surface area contributed by atoms with E-state index in [-0.39, 0.29) is 11.8 Å². The maximum atomic E-state index is 13.2. The van der Waals surface area contributed by atoms with Gasteiger partial charge < -0.3 is 19.9 Å². The van der Waals surface area contributed by atoms with Gasteiger partial charge in [0.05, 0.1) is 18.5 Å². The van der Waals surface area contributed by atoms with Gasteiger partial charge in [-0.2, -0.15) is 0 Å². The summed E-state index contributed by atoms with van der Waals surface area (Å²) >= 11 is 0. The van der Waals surface area contributed by atoms with Crippen LogP contribution in [0.5, 0.6) is 5.75 Å². The van der Waals surface area contributed by atoms with Gasteiger partial charge in [-0.1, -0.05) is 12.1 Å². The fraction of sp³-hybridized carbons (Fsp3) is 0.227. The van der Waals surface area contributed by atoms with Crippen molar-refractivity contribution >= 4 is 17.5 Å². The van der Waals surface area contributed by atoms with E-state index in [1.807, 2.05) is 24.3 Å². The number of benzene rings is 2. The molecule has 7 nitrogen and oxygen atoms in total. The summed E-state index contributed by atoms with van der Waals surface area (Å²) in [6.07, 6.45) is 1.51. The average Bonchev–Trinajstić information content (AvgIpc) is 2.80. The second-order valence-electron chi connectivity index (χ2n) is 6.87. The molecule has 1 saturated heterocycles. The summed E-state index contributed by atoms with van der Waals surface area (Å²) in [6.45, 7) is 2.44. The number of nitrogens with zero attached hydrogens (tertiary/aromatic N) is 4. The van der Waals surface area contributed by atoms with Crippen LogP contribution < -0.4 is 15.0 Å². The lowest BCUT2D eigenvalue weighted by Crippen LogP contribution is -2.50. The summed E-state index contributed by atoms with van der Waals surface area (Å²) in [5, 5.41) is 2.91. The van der Waals surface area contributed by atoms with Gasteiger partial charge in [0.15, 0.2) is 0 Å². The van der Waals surface area contributed by atoms with Crippen LogP contribution in [0.3, 0.4) is 0 Å². The average molecular weight is 407 g/mol. The third-order valence-electron chi connectivity index (χ3n) is 5.03. The number of aromatic nitrogens is 2. The smallest absolute Gasteiger partial charge is 0.322 e. The maximum Gasteiger partial charge on any atom is 0.322 e. The normalized spacial score (nSPS) is 13.8. The van der Waals surface area contributed by atoms with E-state index in [9.17, 15) is 9.18 Å². The zero-order valence-electron chi connectivity index (χ0n) is 16.6. The quantitative estimate of drug-likeness (QED) is 0.715. The van der Waals surface area contributed by atoms with Crippen LogP contribution in [0.25, 0.3) is 11.3 Å². The number of hydrogen-bond donors (Lipinski definition) is 1. The Morgan fingerprint density at radius 2 is 1.77 bits per heavy atom. The van der Waals surface area contributed by atoms with Crippen LogP contribution in [0.4, 0.5) is 20.7 Å². The number of anilines is 2. The van der Waals surface area contributed by atoms with Gasteiger partial charge in [-0.05, 0) is 36.4 Å². The van der Waals surface area contributed by atoms with E-state index in [0.29, 0.717) is 37.6 Å². The van der Waals surface area contributed by atoms with Crippen molar-refractivity contribution in [2.45, 2.75) is 0 Å². The Morgan fingerprint density at radius 3 is 2.50 bits per heavy atom. The minimum atomic E-state index is -0.282. The fourth-order valence-electron chi connectivity index (χ4n) is 3.38. The van der Waals surface area contributed by atoms with Crippen LogP contribution in [0, 0.1) is 5.82 Å². The molecule has 0 saturated carbocycles. The van der Waals surface area contributed by atoms with Crippen molar-refractivity contribution in [1.82, 2.24) is 14.9 Å². The Morgan fingerprint density at radius 1 is 1.03 bits per heavy atom. The van der Waals surface area contributed by atoms with Gasteiger partial charge in [0.25, 0.3) is 0 Å². The molecule has 0 bridgehead atoms. The number of rotatable bonds is 4. The second kappa shape index (κ2) is 8.77. The number of methoxy groups -OCH3 is 1. The van der Waals surface area contributed by atoms with E-state index >= 15 is 0 Å². The molecule has 30 heavy (non-hydrogen) atoms. The lowest BCUT2D eigenvalue weighted by molar-refractivity contribution is 0.208. The van der Waals surface area contributed by atoms with Crippen molar-refractivity contribution in [2.24, 2.45) is 0 Å². The number of carbonyl (C=O) groups excluding carboxylic acids is 1. The topological polar surface area (TPSA) is 70.6 Å². The van der Waals surface area contributed by atoms with Crippen LogP contribution >= 0.6 is 0 Å². The highest BCUT2D eigenvalue weighted by molar-refractivity contribution is 5.91. The van der Waals surface area contributed by atoms with Gasteiger partial charge in [-0.3, -0.25) is 0 Å². The summed E-state index contributed by atoms with van der Waals surface area (Å²) in [7, 11) is 1.58. The molecule has 1 aliphatic rings. The molecule has 2 amide bonds. The molecule has 154 valence electrons. The molecular weight excluding hydrogens is 385 g/mol. The number of piperazine rings is 1. The standard InChI is InChI=1S/C22H22FN5O2/c1-30-20-5-3-2-4-18(20)26-22(29)28-12-10-27(11-13-28)21-14-19(24-15-25-21)16-6-8-17(23)9-7-16/h2-9,14-15H,10-13H2,1H3,(H,26,29). The molecule has 1 aliphatic heterocycles. The van der Waals surface area contributed by atoms with Crippen LogP contribution in [0.2, 0.25) is 0 Å². The molecule has 4 rings (SSSR count). The van der Waals surface area contributed by atoms with Crippen LogP contribution in [0.15, 0.2) is 60.9 Å². The molecule has 2 heterocycles. The maximum absolute atomic E-state index is 13.2. The van der Waals surface area contributed by atoms with Crippen molar-refractivity contribution in [1.29, 1.82) is 0 Å². The van der Waals surface area contributed by atoms with Crippen molar-refractivity contribution in [3.63, 3.8) is 0 Å². The number of ether oxygens (including phenoxy) is 1. The number of urea groups is 1. The van der Waals surface area contributed by atoms with Gasteiger partial charge in [-0.15, -0.1) is 0 Å². The molecule has 0 unspecified atom stereocenters. The molecular formula is C22H22FN5O2. The first-order chi connectivity index (χ1) is 14.6. The first-order valence-corrected chi connectivity index (χ1v) is 9.66. The molecule has 2 aromatic carbocycles. The van der Waals surface area contributed by atoms with Gasteiger partial charge >= 0.3 is 6.03 Å². The van der Waals surface area contributed by atoms with Gasteiger partial charge in [0.1, 0.15) is 23.7 Å². The van der Waals surface area contributed by atoms with E-state index < -0.39 is 0 Å². The van der Waals surface area contributed by atoms with E-state index in [0.717, 1.165) is 17.1 Å². The molecule has 0 spiro atoms. The zero-order chi connectivity index (χ0) is 20.9. The number of para-hydroxylation sites is 2. The first-order valence-electron chi connectivity index (χ1n) is 9.66. The Bertz CT molecular complexity index is 1020. The molecule has 3 aromatic rings. The van der Waals surface area contributed by atoms with Crippen molar-refractivity contribution in [3.05, 3.63) is 66.7 Å². The highest BCUT2D eigenvalue weighted by Crippen LogP contribution is 2.24. The monoisotopic (exact) mass is 407 g/mol. The highest BCUT2D eigenvalue weighted by atomic mass is 19.1. The van der Waals surface area contributed by atoms with Crippen molar-refractivity contribution < 1.29 is 13.9 Å². The molecule has 1 N–H and O–H groups in total. The number of halogens is 1. The Balaban J connectivity index is 1.39. The number of hydrogen-bond acceptors (Lipinski definition) is 5. The summed E-state index contributed by atoms with van der Waals surface area (Å²) in [6, 6.07) is 15.3. The van der Waals surface area contributed by atoms with Crippen LogP contribution in [-0.4, -0.2) is 54.2 Å². The SMILES string of the molecule is COc1ccccc1NC(=O)N1CCN(c2cc(-c3ccc(F)cc3)ncn2)CC1. The minimum Gasteiger partial charge on any atom is -0.495 e. The second-order valence-corrected chi connectivity index (χ2v) is 6.87. The third-order valence-corrected chi connectivity index (χ3v) is 5.03. The largest absolute Gasteiger partial charge is 0.495 e. The van der Waals surface area contributed by atoms with Gasteiger partial charge in [0.2, 0.25) is 0 Å². The fourth-order valence-corrected chi connectivity index (χ4v) is 3.38. The lowest BCUT2D eigenvalue weighted by Gasteiger charge is -2.35. The van der Waals surface area contributed by atoms with E-state index in [1.165, 1.54) is 18.5 Å². The Hall–Kier alpha value is -3.68. The number of amides is 2. The minimum absolute atomic E-state index is 0.158. The molecule has 0 atom stereocenters. The number of nitrogens with one attached hydrogen (secondary N) is 1. The third kappa shape index (κ3) is 4.32. The molecule has 1 aromatic heterocycles. The highest BCUT2D eigenvalue weighted by Gasteiger charge is 2.23. The van der Waals surface area contributed by atoms with E-state index in [4.69, 9.17) is 4.74 Å². The molecule has 0 radical (unpaired) electrons. The van der Waals surface area contributed by atoms with E-state index in [1.54, 1.807) is 30.2 Å². The molecule has 1 fully saturated rings. The zero-order valence-corrected chi connectivity index (χ0v) is 16.6. The Labute approximate surface area is 174 Å². The van der Waals surface area contributed by atoms with Crippen molar-refractivity contribution in [2.75, 3.05) is 43.5 Å².